The van der Waals surface area contributed by atoms with Crippen LogP contribution in [0.25, 0.3) is 0 Å². The first-order chi connectivity index (χ1) is 10.0. The highest BCUT2D eigenvalue weighted by atomic mass is 32.2. The number of ether oxygens (including phenoxy) is 1. The lowest BCUT2D eigenvalue weighted by molar-refractivity contribution is 0.184. The maximum Gasteiger partial charge on any atom is 0.240 e. The SMILES string of the molecule is COCc1ccccc1CNS(=O)(=O)c1ccc(N)cc1. The van der Waals surface area contributed by atoms with Crippen molar-refractivity contribution in [1.29, 1.82) is 0 Å². The molecule has 6 heteroatoms. The quantitative estimate of drug-likeness (QED) is 0.799. The lowest BCUT2D eigenvalue weighted by Crippen LogP contribution is -2.23. The number of methoxy groups -OCH3 is 1. The third-order valence-corrected chi connectivity index (χ3v) is 4.48. The van der Waals surface area contributed by atoms with Crippen molar-refractivity contribution >= 4 is 15.7 Å². The second-order valence-corrected chi connectivity index (χ2v) is 6.36. The highest BCUT2D eigenvalue weighted by molar-refractivity contribution is 7.89. The monoisotopic (exact) mass is 306 g/mol. The summed E-state index contributed by atoms with van der Waals surface area (Å²) in [6.07, 6.45) is 0. The van der Waals surface area contributed by atoms with E-state index in [2.05, 4.69) is 4.72 Å². The van der Waals surface area contributed by atoms with Gasteiger partial charge < -0.3 is 10.5 Å². The zero-order valence-electron chi connectivity index (χ0n) is 11.7. The van der Waals surface area contributed by atoms with E-state index >= 15 is 0 Å². The number of nitrogen functional groups attached to an aromatic ring is 1. The fraction of sp³-hybridized carbons (Fsp3) is 0.200. The molecule has 0 aliphatic carbocycles. The Morgan fingerprint density at radius 3 is 2.29 bits per heavy atom. The van der Waals surface area contributed by atoms with Gasteiger partial charge in [0.05, 0.1) is 11.5 Å². The average Bonchev–Trinajstić information content (AvgIpc) is 2.47. The largest absolute Gasteiger partial charge is 0.399 e. The zero-order chi connectivity index (χ0) is 15.3. The molecule has 0 fully saturated rings. The summed E-state index contributed by atoms with van der Waals surface area (Å²) in [5.74, 6) is 0. The van der Waals surface area contributed by atoms with Crippen LogP contribution in [0.15, 0.2) is 53.4 Å². The number of rotatable bonds is 6. The predicted octanol–water partition coefficient (Wildman–Crippen LogP) is 1.89. The van der Waals surface area contributed by atoms with Gasteiger partial charge in [0.2, 0.25) is 10.0 Å². The second kappa shape index (κ2) is 6.71. The number of nitrogens with two attached hydrogens (primary N) is 1. The number of sulfonamides is 1. The van der Waals surface area contributed by atoms with Crippen LogP contribution < -0.4 is 10.5 Å². The summed E-state index contributed by atoms with van der Waals surface area (Å²) in [5.41, 5.74) is 7.93. The van der Waals surface area contributed by atoms with Crippen molar-refractivity contribution < 1.29 is 13.2 Å². The lowest BCUT2D eigenvalue weighted by atomic mass is 10.1. The molecule has 0 saturated carbocycles. The van der Waals surface area contributed by atoms with Crippen molar-refractivity contribution in [3.8, 4) is 0 Å². The van der Waals surface area contributed by atoms with Gasteiger partial charge in [-0.3, -0.25) is 0 Å². The van der Waals surface area contributed by atoms with Gasteiger partial charge in [0.15, 0.2) is 0 Å². The summed E-state index contributed by atoms with van der Waals surface area (Å²) in [5, 5.41) is 0. The van der Waals surface area contributed by atoms with Crippen molar-refractivity contribution in [2.75, 3.05) is 12.8 Å². The molecule has 2 aromatic carbocycles. The molecule has 2 aromatic rings. The van der Waals surface area contributed by atoms with E-state index in [4.69, 9.17) is 10.5 Å². The van der Waals surface area contributed by atoms with E-state index in [-0.39, 0.29) is 11.4 Å². The minimum atomic E-state index is -3.55. The van der Waals surface area contributed by atoms with Gasteiger partial charge in [0.25, 0.3) is 0 Å². The summed E-state index contributed by atoms with van der Waals surface area (Å²) in [6, 6.07) is 13.6. The molecule has 0 heterocycles. The van der Waals surface area contributed by atoms with E-state index < -0.39 is 10.0 Å². The number of hydrogen-bond acceptors (Lipinski definition) is 4. The second-order valence-electron chi connectivity index (χ2n) is 4.60. The van der Waals surface area contributed by atoms with Crippen molar-refractivity contribution in [3.05, 3.63) is 59.7 Å². The summed E-state index contributed by atoms with van der Waals surface area (Å²) in [7, 11) is -1.95. The summed E-state index contributed by atoms with van der Waals surface area (Å²) in [6.45, 7) is 0.659. The van der Waals surface area contributed by atoms with Crippen LogP contribution in [0, 0.1) is 0 Å². The Bertz CT molecular complexity index is 697. The zero-order valence-corrected chi connectivity index (χ0v) is 12.6. The molecule has 0 aromatic heterocycles. The van der Waals surface area contributed by atoms with Crippen molar-refractivity contribution in [3.63, 3.8) is 0 Å². The van der Waals surface area contributed by atoms with Crippen molar-refractivity contribution in [1.82, 2.24) is 4.72 Å². The number of hydrogen-bond donors (Lipinski definition) is 2. The summed E-state index contributed by atoms with van der Waals surface area (Å²) >= 11 is 0. The Balaban J connectivity index is 2.13. The number of nitrogens with one attached hydrogen (secondary N) is 1. The van der Waals surface area contributed by atoms with Crippen LogP contribution in [-0.2, 0) is 27.9 Å². The maximum absolute atomic E-state index is 12.2. The molecule has 5 nitrogen and oxygen atoms in total. The van der Waals surface area contributed by atoms with Gasteiger partial charge in [-0.25, -0.2) is 13.1 Å². The molecule has 0 unspecified atom stereocenters. The molecular weight excluding hydrogens is 288 g/mol. The highest BCUT2D eigenvalue weighted by Gasteiger charge is 2.14. The molecule has 0 atom stereocenters. The minimum absolute atomic E-state index is 0.195. The normalized spacial score (nSPS) is 11.5. The first-order valence-electron chi connectivity index (χ1n) is 6.44. The van der Waals surface area contributed by atoms with Crippen LogP contribution in [0.4, 0.5) is 5.69 Å². The van der Waals surface area contributed by atoms with E-state index in [1.54, 1.807) is 19.2 Å². The summed E-state index contributed by atoms with van der Waals surface area (Å²) < 4.78 is 32.1. The molecule has 0 radical (unpaired) electrons. The van der Waals surface area contributed by atoms with E-state index in [1.807, 2.05) is 24.3 Å². The van der Waals surface area contributed by atoms with E-state index in [9.17, 15) is 8.42 Å². The molecule has 3 N–H and O–H groups in total. The Labute approximate surface area is 124 Å². The van der Waals surface area contributed by atoms with Gasteiger partial charge in [-0.1, -0.05) is 24.3 Å². The molecule has 21 heavy (non-hydrogen) atoms. The first-order valence-corrected chi connectivity index (χ1v) is 7.92. The third-order valence-electron chi connectivity index (χ3n) is 3.06. The van der Waals surface area contributed by atoms with Crippen LogP contribution in [0.5, 0.6) is 0 Å². The third kappa shape index (κ3) is 4.04. The van der Waals surface area contributed by atoms with E-state index in [0.717, 1.165) is 11.1 Å². The van der Waals surface area contributed by atoms with Crippen LogP contribution in [0.3, 0.4) is 0 Å². The summed E-state index contributed by atoms with van der Waals surface area (Å²) in [4.78, 5) is 0.195. The lowest BCUT2D eigenvalue weighted by Gasteiger charge is -2.11. The van der Waals surface area contributed by atoms with Gasteiger partial charge in [-0.15, -0.1) is 0 Å². The molecule has 0 aliphatic rings. The first kappa shape index (κ1) is 15.5. The fourth-order valence-corrected chi connectivity index (χ4v) is 2.94. The molecule has 112 valence electrons. The molecule has 0 spiro atoms. The Morgan fingerprint density at radius 2 is 1.67 bits per heavy atom. The van der Waals surface area contributed by atoms with Crippen molar-refractivity contribution in [2.45, 2.75) is 18.0 Å². The molecule has 0 bridgehead atoms. The fourth-order valence-electron chi connectivity index (χ4n) is 1.93. The van der Waals surface area contributed by atoms with E-state index in [0.29, 0.717) is 12.3 Å². The van der Waals surface area contributed by atoms with Crippen LogP contribution in [-0.4, -0.2) is 15.5 Å². The Hall–Kier alpha value is -1.89. The smallest absolute Gasteiger partial charge is 0.240 e. The van der Waals surface area contributed by atoms with Gasteiger partial charge >= 0.3 is 0 Å². The Kier molecular flexibility index (Phi) is 4.95. The van der Waals surface area contributed by atoms with Gasteiger partial charge in [-0.05, 0) is 35.4 Å². The van der Waals surface area contributed by atoms with Gasteiger partial charge in [-0.2, -0.15) is 0 Å². The topological polar surface area (TPSA) is 81.4 Å². The van der Waals surface area contributed by atoms with E-state index in [1.165, 1.54) is 12.1 Å². The molecule has 0 amide bonds. The maximum atomic E-state index is 12.2. The number of anilines is 1. The standard InChI is InChI=1S/C15H18N2O3S/c1-20-11-13-5-3-2-4-12(13)10-17-21(18,19)15-8-6-14(16)7-9-15/h2-9,17H,10-11,16H2,1H3. The molecule has 2 rings (SSSR count). The molecule has 0 saturated heterocycles. The number of benzene rings is 2. The van der Waals surface area contributed by atoms with Crippen LogP contribution in [0.1, 0.15) is 11.1 Å². The molecular formula is C15H18N2O3S. The Morgan fingerprint density at radius 1 is 1.05 bits per heavy atom. The predicted molar refractivity (Wildman–Crippen MR) is 82.0 cm³/mol. The molecule has 0 aliphatic heterocycles. The highest BCUT2D eigenvalue weighted by Crippen LogP contribution is 2.14. The van der Waals surface area contributed by atoms with Crippen LogP contribution in [0.2, 0.25) is 0 Å². The minimum Gasteiger partial charge on any atom is -0.399 e. The van der Waals surface area contributed by atoms with Gasteiger partial charge in [0, 0.05) is 19.3 Å². The average molecular weight is 306 g/mol. The van der Waals surface area contributed by atoms with Crippen molar-refractivity contribution in [2.24, 2.45) is 0 Å². The van der Waals surface area contributed by atoms with Gasteiger partial charge in [0.1, 0.15) is 0 Å². The van der Waals surface area contributed by atoms with Crippen LogP contribution >= 0.6 is 0 Å².